The van der Waals surface area contributed by atoms with Gasteiger partial charge in [0, 0.05) is 36.4 Å². The van der Waals surface area contributed by atoms with Crippen molar-refractivity contribution >= 4 is 5.69 Å². The summed E-state index contributed by atoms with van der Waals surface area (Å²) in [7, 11) is 0. The van der Waals surface area contributed by atoms with Gasteiger partial charge in [0.25, 0.3) is 0 Å². The van der Waals surface area contributed by atoms with Crippen LogP contribution in [-0.2, 0) is 17.9 Å². The van der Waals surface area contributed by atoms with E-state index in [1.807, 2.05) is 17.0 Å². The number of anilines is 1. The quantitative estimate of drug-likeness (QED) is 0.626. The highest BCUT2D eigenvalue weighted by atomic mass is 16.7. The smallest absolute Gasteiger partial charge is 0.189 e. The van der Waals surface area contributed by atoms with Crippen molar-refractivity contribution in [3.63, 3.8) is 0 Å². The number of rotatable bonds is 6. The zero-order valence-electron chi connectivity index (χ0n) is 10.8. The predicted molar refractivity (Wildman–Crippen MR) is 70.6 cm³/mol. The molecule has 0 amide bonds. The summed E-state index contributed by atoms with van der Waals surface area (Å²) in [4.78, 5) is 1.95. The van der Waals surface area contributed by atoms with Crippen molar-refractivity contribution in [1.29, 1.82) is 0 Å². The van der Waals surface area contributed by atoms with Gasteiger partial charge in [0.2, 0.25) is 0 Å². The van der Waals surface area contributed by atoms with Crippen LogP contribution >= 0.6 is 0 Å². The summed E-state index contributed by atoms with van der Waals surface area (Å²) >= 11 is 0. The molecule has 1 aliphatic heterocycles. The Kier molecular flexibility index (Phi) is 4.98. The summed E-state index contributed by atoms with van der Waals surface area (Å²) in [6, 6.07) is 3.71. The van der Waals surface area contributed by atoms with Crippen LogP contribution in [0.15, 0.2) is 12.1 Å². The third kappa shape index (κ3) is 3.57. The molecule has 0 fully saturated rings. The zero-order valence-corrected chi connectivity index (χ0v) is 10.8. The number of nitrogen functional groups attached to an aromatic ring is 1. The van der Waals surface area contributed by atoms with Gasteiger partial charge >= 0.3 is 0 Å². The standard InChI is InChI=1S/C13H20N2O4/c14-12-5-10(7-15(1-3-16)2-4-17)13-11(6-12)8-18-9-19-13/h5-6,16-17H,1-4,7-9,14H2. The van der Waals surface area contributed by atoms with Gasteiger partial charge in [0.15, 0.2) is 6.79 Å². The van der Waals surface area contributed by atoms with E-state index in [4.69, 9.17) is 25.4 Å². The van der Waals surface area contributed by atoms with Gasteiger partial charge in [-0.3, -0.25) is 4.90 Å². The molecule has 0 aliphatic carbocycles. The minimum atomic E-state index is 0.0501. The molecular formula is C13H20N2O4. The Morgan fingerprint density at radius 2 is 1.95 bits per heavy atom. The Bertz CT molecular complexity index is 419. The highest BCUT2D eigenvalue weighted by Crippen LogP contribution is 2.31. The molecule has 0 unspecified atom stereocenters. The van der Waals surface area contributed by atoms with E-state index in [9.17, 15) is 0 Å². The summed E-state index contributed by atoms with van der Waals surface area (Å²) in [5.74, 6) is 0.807. The van der Waals surface area contributed by atoms with Crippen LogP contribution in [0.5, 0.6) is 5.75 Å². The number of ether oxygens (including phenoxy) is 2. The summed E-state index contributed by atoms with van der Waals surface area (Å²) < 4.78 is 10.8. The number of nitrogens with zero attached hydrogens (tertiary/aromatic N) is 1. The topological polar surface area (TPSA) is 88.2 Å². The molecule has 0 radical (unpaired) electrons. The Balaban J connectivity index is 2.20. The Morgan fingerprint density at radius 1 is 1.21 bits per heavy atom. The van der Waals surface area contributed by atoms with Crippen molar-refractivity contribution in [2.24, 2.45) is 0 Å². The van der Waals surface area contributed by atoms with Gasteiger partial charge in [-0.1, -0.05) is 0 Å². The molecule has 6 heteroatoms. The molecule has 19 heavy (non-hydrogen) atoms. The minimum Gasteiger partial charge on any atom is -0.467 e. The number of fused-ring (bicyclic) bond motifs is 1. The molecule has 1 aromatic carbocycles. The highest BCUT2D eigenvalue weighted by Gasteiger charge is 2.17. The first-order valence-electron chi connectivity index (χ1n) is 6.30. The molecule has 1 aliphatic rings. The molecule has 0 spiro atoms. The first-order chi connectivity index (χ1) is 9.24. The summed E-state index contributed by atoms with van der Waals surface area (Å²) in [5, 5.41) is 18.1. The third-order valence-electron chi connectivity index (χ3n) is 3.04. The lowest BCUT2D eigenvalue weighted by Gasteiger charge is -2.25. The van der Waals surface area contributed by atoms with E-state index in [1.165, 1.54) is 0 Å². The first kappa shape index (κ1) is 14.1. The van der Waals surface area contributed by atoms with Crippen LogP contribution in [0.4, 0.5) is 5.69 Å². The molecule has 0 bridgehead atoms. The molecule has 0 atom stereocenters. The Labute approximate surface area is 112 Å². The second-order valence-electron chi connectivity index (χ2n) is 4.50. The van der Waals surface area contributed by atoms with Crippen molar-refractivity contribution in [2.45, 2.75) is 13.2 Å². The van der Waals surface area contributed by atoms with Crippen molar-refractivity contribution in [3.8, 4) is 5.75 Å². The van der Waals surface area contributed by atoms with Crippen LogP contribution in [0.3, 0.4) is 0 Å². The van der Waals surface area contributed by atoms with Crippen LogP contribution < -0.4 is 10.5 Å². The molecule has 4 N–H and O–H groups in total. The van der Waals surface area contributed by atoms with E-state index in [0.29, 0.717) is 31.9 Å². The average molecular weight is 268 g/mol. The van der Waals surface area contributed by atoms with Gasteiger partial charge in [-0.05, 0) is 12.1 Å². The monoisotopic (exact) mass is 268 g/mol. The number of benzene rings is 1. The summed E-state index contributed by atoms with van der Waals surface area (Å²) in [5.41, 5.74) is 8.44. The zero-order chi connectivity index (χ0) is 13.7. The van der Waals surface area contributed by atoms with Crippen LogP contribution in [0.2, 0.25) is 0 Å². The van der Waals surface area contributed by atoms with Crippen LogP contribution in [0.25, 0.3) is 0 Å². The molecular weight excluding hydrogens is 248 g/mol. The van der Waals surface area contributed by atoms with Crippen LogP contribution in [-0.4, -0.2) is 48.2 Å². The summed E-state index contributed by atoms with van der Waals surface area (Å²) in [6.45, 7) is 2.41. The largest absolute Gasteiger partial charge is 0.467 e. The second kappa shape index (κ2) is 6.72. The van der Waals surface area contributed by atoms with E-state index in [2.05, 4.69) is 0 Å². The number of aliphatic hydroxyl groups excluding tert-OH is 2. The Morgan fingerprint density at radius 3 is 2.63 bits per heavy atom. The number of hydrogen-bond acceptors (Lipinski definition) is 6. The maximum Gasteiger partial charge on any atom is 0.189 e. The molecule has 1 aromatic rings. The first-order valence-corrected chi connectivity index (χ1v) is 6.30. The SMILES string of the molecule is Nc1cc2c(c(CN(CCO)CCO)c1)OCOC2. The van der Waals surface area contributed by atoms with Crippen LogP contribution in [0.1, 0.15) is 11.1 Å². The van der Waals surface area contributed by atoms with Gasteiger partial charge in [-0.25, -0.2) is 0 Å². The van der Waals surface area contributed by atoms with E-state index in [1.54, 1.807) is 0 Å². The van der Waals surface area contributed by atoms with E-state index >= 15 is 0 Å². The predicted octanol–water partition coefficient (Wildman–Crippen LogP) is -0.0781. The number of hydrogen-bond donors (Lipinski definition) is 3. The molecule has 1 heterocycles. The van der Waals surface area contributed by atoms with Gasteiger partial charge in [-0.2, -0.15) is 0 Å². The number of aliphatic hydroxyl groups is 2. The van der Waals surface area contributed by atoms with Crippen molar-refractivity contribution < 1.29 is 19.7 Å². The van der Waals surface area contributed by atoms with Gasteiger partial charge in [-0.15, -0.1) is 0 Å². The van der Waals surface area contributed by atoms with E-state index < -0.39 is 0 Å². The fourth-order valence-corrected chi connectivity index (χ4v) is 2.24. The lowest BCUT2D eigenvalue weighted by atomic mass is 10.1. The third-order valence-corrected chi connectivity index (χ3v) is 3.04. The van der Waals surface area contributed by atoms with Crippen molar-refractivity contribution in [1.82, 2.24) is 4.90 Å². The summed E-state index contributed by atoms with van der Waals surface area (Å²) in [6.07, 6.45) is 0. The maximum atomic E-state index is 9.04. The highest BCUT2D eigenvalue weighted by molar-refractivity contribution is 5.53. The fraction of sp³-hybridized carbons (Fsp3) is 0.538. The molecule has 0 saturated heterocycles. The van der Waals surface area contributed by atoms with E-state index in [-0.39, 0.29) is 20.0 Å². The maximum absolute atomic E-state index is 9.04. The molecule has 6 nitrogen and oxygen atoms in total. The minimum absolute atomic E-state index is 0.0501. The number of nitrogens with two attached hydrogens (primary N) is 1. The lowest BCUT2D eigenvalue weighted by Crippen LogP contribution is -2.30. The van der Waals surface area contributed by atoms with Gasteiger partial charge in [0.05, 0.1) is 19.8 Å². The molecule has 0 aromatic heterocycles. The second-order valence-corrected chi connectivity index (χ2v) is 4.50. The van der Waals surface area contributed by atoms with Gasteiger partial charge in [0.1, 0.15) is 5.75 Å². The molecule has 106 valence electrons. The molecule has 0 saturated carbocycles. The van der Waals surface area contributed by atoms with E-state index in [0.717, 1.165) is 16.9 Å². The van der Waals surface area contributed by atoms with Crippen molar-refractivity contribution in [2.75, 3.05) is 38.8 Å². The van der Waals surface area contributed by atoms with Crippen molar-refractivity contribution in [3.05, 3.63) is 23.3 Å². The average Bonchev–Trinajstić information content (AvgIpc) is 2.39. The normalized spacial score (nSPS) is 14.3. The van der Waals surface area contributed by atoms with Gasteiger partial charge < -0.3 is 25.4 Å². The molecule has 2 rings (SSSR count). The van der Waals surface area contributed by atoms with Crippen LogP contribution in [0, 0.1) is 0 Å². The lowest BCUT2D eigenvalue weighted by molar-refractivity contribution is -0.0175. The Hall–Kier alpha value is -1.34. The fourth-order valence-electron chi connectivity index (χ4n) is 2.24.